The molecule has 1 saturated heterocycles. The van der Waals surface area contributed by atoms with Crippen LogP contribution in [0.5, 0.6) is 0 Å². The van der Waals surface area contributed by atoms with E-state index < -0.39 is 20.7 Å². The first-order valence-electron chi connectivity index (χ1n) is 7.70. The second-order valence-corrected chi connectivity index (χ2v) is 7.92. The van der Waals surface area contributed by atoms with Crippen LogP contribution in [0.2, 0.25) is 0 Å². The van der Waals surface area contributed by atoms with Crippen LogP contribution >= 0.6 is 12.4 Å². The lowest BCUT2D eigenvalue weighted by atomic mass is 9.88. The van der Waals surface area contributed by atoms with E-state index in [1.807, 2.05) is 6.92 Å². The molecule has 1 aliphatic heterocycles. The van der Waals surface area contributed by atoms with E-state index >= 15 is 0 Å². The molecule has 1 aliphatic carbocycles. The largest absolute Gasteiger partial charge is 0.326 e. The Balaban J connectivity index is 0.00000208. The SMILES string of the molecule is CC(C(=O)Nc1ccc(F)c(S(=O)(=O)NC2CC2)c1)C1CNC1.Cl. The zero-order chi connectivity index (χ0) is 16.6. The molecule has 0 bridgehead atoms. The Morgan fingerprint density at radius 2 is 2.00 bits per heavy atom. The van der Waals surface area contributed by atoms with Gasteiger partial charge in [0.05, 0.1) is 0 Å². The fourth-order valence-corrected chi connectivity index (χ4v) is 3.81. The highest BCUT2D eigenvalue weighted by Crippen LogP contribution is 2.25. The van der Waals surface area contributed by atoms with Crippen molar-refractivity contribution >= 4 is 34.0 Å². The van der Waals surface area contributed by atoms with Crippen LogP contribution < -0.4 is 15.4 Å². The fourth-order valence-electron chi connectivity index (χ4n) is 2.41. The van der Waals surface area contributed by atoms with Crippen molar-refractivity contribution in [3.05, 3.63) is 24.0 Å². The summed E-state index contributed by atoms with van der Waals surface area (Å²) >= 11 is 0. The Hall–Kier alpha value is -1.22. The molecule has 1 atom stereocenters. The van der Waals surface area contributed by atoms with Crippen LogP contribution in [-0.4, -0.2) is 33.5 Å². The van der Waals surface area contributed by atoms with Gasteiger partial charge in [0.1, 0.15) is 10.7 Å². The molecule has 1 unspecified atom stereocenters. The minimum absolute atomic E-state index is 0. The first-order chi connectivity index (χ1) is 10.9. The van der Waals surface area contributed by atoms with E-state index in [0.29, 0.717) is 0 Å². The van der Waals surface area contributed by atoms with Gasteiger partial charge in [0, 0.05) is 17.6 Å². The summed E-state index contributed by atoms with van der Waals surface area (Å²) in [7, 11) is -3.90. The molecule has 2 fully saturated rings. The molecule has 3 N–H and O–H groups in total. The van der Waals surface area contributed by atoms with E-state index in [-0.39, 0.29) is 41.9 Å². The van der Waals surface area contributed by atoms with Gasteiger partial charge in [0.25, 0.3) is 0 Å². The number of hydrogen-bond acceptors (Lipinski definition) is 4. The molecule has 134 valence electrons. The predicted molar refractivity (Wildman–Crippen MR) is 91.1 cm³/mol. The number of hydrogen-bond donors (Lipinski definition) is 3. The van der Waals surface area contributed by atoms with Crippen molar-refractivity contribution in [1.29, 1.82) is 0 Å². The smallest absolute Gasteiger partial charge is 0.243 e. The fraction of sp³-hybridized carbons (Fsp3) is 0.533. The number of amides is 1. The lowest BCUT2D eigenvalue weighted by Crippen LogP contribution is -2.48. The molecule has 1 saturated carbocycles. The molecule has 24 heavy (non-hydrogen) atoms. The highest BCUT2D eigenvalue weighted by molar-refractivity contribution is 7.89. The first-order valence-corrected chi connectivity index (χ1v) is 9.18. The summed E-state index contributed by atoms with van der Waals surface area (Å²) in [5.74, 6) is -0.935. The Morgan fingerprint density at radius 3 is 2.54 bits per heavy atom. The average Bonchev–Trinajstić information content (AvgIpc) is 3.21. The highest BCUT2D eigenvalue weighted by atomic mass is 35.5. The van der Waals surface area contributed by atoms with E-state index in [2.05, 4.69) is 15.4 Å². The van der Waals surface area contributed by atoms with Gasteiger partial charge in [-0.3, -0.25) is 4.79 Å². The van der Waals surface area contributed by atoms with Crippen molar-refractivity contribution < 1.29 is 17.6 Å². The molecule has 1 heterocycles. The summed E-state index contributed by atoms with van der Waals surface area (Å²) in [5.41, 5.74) is 0.284. The lowest BCUT2D eigenvalue weighted by Gasteiger charge is -2.31. The molecular weight excluding hydrogens is 357 g/mol. The van der Waals surface area contributed by atoms with Crippen LogP contribution in [-0.2, 0) is 14.8 Å². The molecule has 1 aromatic rings. The molecule has 2 aliphatic rings. The zero-order valence-electron chi connectivity index (χ0n) is 13.2. The summed E-state index contributed by atoms with van der Waals surface area (Å²) in [5, 5.41) is 5.78. The third-order valence-corrected chi connectivity index (χ3v) is 5.86. The van der Waals surface area contributed by atoms with Gasteiger partial charge in [-0.05, 0) is 50.0 Å². The number of carbonyl (C=O) groups excluding carboxylic acids is 1. The highest BCUT2D eigenvalue weighted by Gasteiger charge is 2.31. The van der Waals surface area contributed by atoms with Crippen LogP contribution in [0.15, 0.2) is 23.1 Å². The van der Waals surface area contributed by atoms with Crippen molar-refractivity contribution in [3.8, 4) is 0 Å². The van der Waals surface area contributed by atoms with E-state index in [1.165, 1.54) is 12.1 Å². The van der Waals surface area contributed by atoms with Crippen molar-refractivity contribution in [2.24, 2.45) is 11.8 Å². The van der Waals surface area contributed by atoms with Gasteiger partial charge in [-0.2, -0.15) is 0 Å². The van der Waals surface area contributed by atoms with E-state index in [4.69, 9.17) is 0 Å². The maximum absolute atomic E-state index is 13.9. The molecule has 6 nitrogen and oxygen atoms in total. The number of halogens is 2. The van der Waals surface area contributed by atoms with E-state index in [9.17, 15) is 17.6 Å². The first kappa shape index (κ1) is 19.1. The van der Waals surface area contributed by atoms with E-state index in [0.717, 1.165) is 32.0 Å². The molecular formula is C15H21ClFN3O3S. The van der Waals surface area contributed by atoms with Crippen LogP contribution in [0.1, 0.15) is 19.8 Å². The van der Waals surface area contributed by atoms with Gasteiger partial charge in [-0.1, -0.05) is 6.92 Å². The van der Waals surface area contributed by atoms with Crippen LogP contribution in [0.25, 0.3) is 0 Å². The summed E-state index contributed by atoms with van der Waals surface area (Å²) in [6, 6.07) is 3.50. The van der Waals surface area contributed by atoms with Gasteiger partial charge < -0.3 is 10.6 Å². The van der Waals surface area contributed by atoms with Gasteiger partial charge in [-0.25, -0.2) is 17.5 Å². The lowest BCUT2D eigenvalue weighted by molar-refractivity contribution is -0.121. The summed E-state index contributed by atoms with van der Waals surface area (Å²) in [6.45, 7) is 3.42. The van der Waals surface area contributed by atoms with Crippen LogP contribution in [0.4, 0.5) is 10.1 Å². The second-order valence-electron chi connectivity index (χ2n) is 6.24. The van der Waals surface area contributed by atoms with E-state index in [1.54, 1.807) is 0 Å². The predicted octanol–water partition coefficient (Wildman–Crippen LogP) is 1.48. The summed E-state index contributed by atoms with van der Waals surface area (Å²) in [4.78, 5) is 11.8. The maximum Gasteiger partial charge on any atom is 0.243 e. The number of anilines is 1. The van der Waals surface area contributed by atoms with Gasteiger partial charge >= 0.3 is 0 Å². The Kier molecular flexibility index (Phi) is 5.85. The third kappa shape index (κ3) is 4.24. The number of benzene rings is 1. The summed E-state index contributed by atoms with van der Waals surface area (Å²) in [6.07, 6.45) is 1.54. The van der Waals surface area contributed by atoms with Crippen molar-refractivity contribution in [2.45, 2.75) is 30.7 Å². The minimum atomic E-state index is -3.90. The summed E-state index contributed by atoms with van der Waals surface area (Å²) < 4.78 is 40.7. The van der Waals surface area contributed by atoms with Gasteiger partial charge in [-0.15, -0.1) is 12.4 Å². The van der Waals surface area contributed by atoms with Crippen LogP contribution in [0, 0.1) is 17.7 Å². The van der Waals surface area contributed by atoms with Crippen molar-refractivity contribution in [1.82, 2.24) is 10.0 Å². The molecule has 0 radical (unpaired) electrons. The second kappa shape index (κ2) is 7.35. The molecule has 0 spiro atoms. The minimum Gasteiger partial charge on any atom is -0.326 e. The number of nitrogens with one attached hydrogen (secondary N) is 3. The van der Waals surface area contributed by atoms with Gasteiger partial charge in [0.15, 0.2) is 0 Å². The van der Waals surface area contributed by atoms with Crippen LogP contribution in [0.3, 0.4) is 0 Å². The standard InChI is InChI=1S/C15H20FN3O3S.ClH/c1-9(10-7-17-8-10)15(20)18-12-4-5-13(16)14(6-12)23(21,22)19-11-2-3-11;/h4-6,9-11,17,19H,2-3,7-8H2,1H3,(H,18,20);1H. The molecule has 1 amide bonds. The number of rotatable bonds is 6. The molecule has 1 aromatic carbocycles. The quantitative estimate of drug-likeness (QED) is 0.700. The van der Waals surface area contributed by atoms with Crippen molar-refractivity contribution in [3.63, 3.8) is 0 Å². The topological polar surface area (TPSA) is 87.3 Å². The van der Waals surface area contributed by atoms with Crippen molar-refractivity contribution in [2.75, 3.05) is 18.4 Å². The third-order valence-electron chi connectivity index (χ3n) is 4.32. The zero-order valence-corrected chi connectivity index (χ0v) is 14.8. The Labute approximate surface area is 147 Å². The average molecular weight is 378 g/mol. The molecule has 3 rings (SSSR count). The number of carbonyl (C=O) groups is 1. The molecule has 0 aromatic heterocycles. The maximum atomic E-state index is 13.9. The monoisotopic (exact) mass is 377 g/mol. The normalized spacial score (nSPS) is 19.1. The number of sulfonamides is 1. The molecule has 9 heteroatoms. The van der Waals surface area contributed by atoms with Gasteiger partial charge in [0.2, 0.25) is 15.9 Å². The Morgan fingerprint density at radius 1 is 1.33 bits per heavy atom. The Bertz CT molecular complexity index is 721.